The van der Waals surface area contributed by atoms with Crippen LogP contribution in [0.25, 0.3) is 0 Å². The summed E-state index contributed by atoms with van der Waals surface area (Å²) in [7, 11) is 0. The molecule has 0 aromatic carbocycles. The van der Waals surface area contributed by atoms with Gasteiger partial charge in [0.2, 0.25) is 0 Å². The number of carbonyl (C=O) groups is 1. The second-order valence-electron chi connectivity index (χ2n) is 5.62. The Labute approximate surface area is 119 Å². The molecule has 0 radical (unpaired) electrons. The molecule has 0 fully saturated rings. The van der Waals surface area contributed by atoms with Gasteiger partial charge in [-0.05, 0) is 56.7 Å². The third-order valence-corrected chi connectivity index (χ3v) is 4.27. The SMILES string of the molecule is NCCCCC1N=C/C=C2/CN=C3CCCC(=C32)C1=O. The minimum absolute atomic E-state index is 0.216. The van der Waals surface area contributed by atoms with Crippen molar-refractivity contribution in [2.45, 2.75) is 44.6 Å². The number of hydrogen-bond acceptors (Lipinski definition) is 4. The highest BCUT2D eigenvalue weighted by Crippen LogP contribution is 2.34. The number of nitrogens with two attached hydrogens (primary N) is 1. The van der Waals surface area contributed by atoms with Crippen molar-refractivity contribution in [2.24, 2.45) is 15.7 Å². The third-order valence-electron chi connectivity index (χ3n) is 4.27. The van der Waals surface area contributed by atoms with E-state index in [1.165, 1.54) is 5.57 Å². The lowest BCUT2D eigenvalue weighted by molar-refractivity contribution is -0.117. The molecule has 106 valence electrons. The van der Waals surface area contributed by atoms with E-state index in [2.05, 4.69) is 9.98 Å². The number of rotatable bonds is 4. The molecular formula is C16H21N3O. The largest absolute Gasteiger partial charge is 0.330 e. The number of Topliss-reactive ketones (excluding diaryl/α,β-unsaturated/α-hetero) is 1. The molecule has 4 heteroatoms. The highest BCUT2D eigenvalue weighted by molar-refractivity contribution is 6.16. The monoisotopic (exact) mass is 271 g/mol. The molecule has 0 bridgehead atoms. The lowest BCUT2D eigenvalue weighted by Crippen LogP contribution is -2.26. The van der Waals surface area contributed by atoms with Gasteiger partial charge in [-0.3, -0.25) is 14.8 Å². The normalized spacial score (nSPS) is 27.6. The van der Waals surface area contributed by atoms with Gasteiger partial charge < -0.3 is 5.73 Å². The summed E-state index contributed by atoms with van der Waals surface area (Å²) >= 11 is 0. The Bertz CT molecular complexity index is 540. The molecule has 3 rings (SSSR count). The molecule has 1 aliphatic carbocycles. The molecule has 0 aromatic rings. The maximum atomic E-state index is 12.8. The van der Waals surface area contributed by atoms with Gasteiger partial charge in [0, 0.05) is 23.1 Å². The van der Waals surface area contributed by atoms with E-state index < -0.39 is 0 Å². The van der Waals surface area contributed by atoms with Gasteiger partial charge >= 0.3 is 0 Å². The quantitative estimate of drug-likeness (QED) is 0.795. The fourth-order valence-electron chi connectivity index (χ4n) is 3.23. The summed E-state index contributed by atoms with van der Waals surface area (Å²) in [6.07, 6.45) is 9.50. The van der Waals surface area contributed by atoms with E-state index >= 15 is 0 Å². The predicted molar refractivity (Wildman–Crippen MR) is 81.5 cm³/mol. The van der Waals surface area contributed by atoms with Crippen LogP contribution in [0.2, 0.25) is 0 Å². The fraction of sp³-hybridized carbons (Fsp3) is 0.562. The van der Waals surface area contributed by atoms with Crippen LogP contribution in [-0.2, 0) is 4.79 Å². The number of unbranched alkanes of at least 4 members (excludes halogenated alkanes) is 1. The van der Waals surface area contributed by atoms with Gasteiger partial charge in [0.25, 0.3) is 0 Å². The average molecular weight is 271 g/mol. The van der Waals surface area contributed by atoms with E-state index in [-0.39, 0.29) is 11.8 Å². The molecule has 0 saturated carbocycles. The number of nitrogens with zero attached hydrogens (tertiary/aromatic N) is 2. The van der Waals surface area contributed by atoms with Crippen LogP contribution in [0.1, 0.15) is 38.5 Å². The lowest BCUT2D eigenvalue weighted by atomic mass is 9.82. The summed E-state index contributed by atoms with van der Waals surface area (Å²) in [6.45, 7) is 1.39. The van der Waals surface area contributed by atoms with Crippen molar-refractivity contribution in [1.82, 2.24) is 0 Å². The van der Waals surface area contributed by atoms with Crippen LogP contribution in [0.15, 0.2) is 32.8 Å². The number of aliphatic imine (C=N–C) groups is 2. The van der Waals surface area contributed by atoms with Gasteiger partial charge in [-0.1, -0.05) is 0 Å². The van der Waals surface area contributed by atoms with Crippen molar-refractivity contribution in [3.63, 3.8) is 0 Å². The van der Waals surface area contributed by atoms with Gasteiger partial charge in [-0.15, -0.1) is 0 Å². The third kappa shape index (κ3) is 2.40. The molecule has 3 aliphatic rings. The maximum absolute atomic E-state index is 12.8. The highest BCUT2D eigenvalue weighted by Gasteiger charge is 2.32. The first kappa shape index (κ1) is 13.4. The molecule has 0 spiro atoms. The Kier molecular flexibility index (Phi) is 3.92. The fourth-order valence-corrected chi connectivity index (χ4v) is 3.23. The van der Waals surface area contributed by atoms with Crippen molar-refractivity contribution < 1.29 is 4.79 Å². The number of hydrogen-bond donors (Lipinski definition) is 1. The average Bonchev–Trinajstić information content (AvgIpc) is 2.87. The molecule has 0 amide bonds. The minimum atomic E-state index is -0.221. The standard InChI is InChI=1S/C16H21N3O/c17-8-2-1-5-14-16(20)12-4-3-6-13-15(12)11(10-19-13)7-9-18-14/h7,9,14H,1-6,8,10,17H2/b11-7-,18-9?. The zero-order chi connectivity index (χ0) is 13.9. The second kappa shape index (κ2) is 5.83. The van der Waals surface area contributed by atoms with Crippen molar-refractivity contribution in [3.8, 4) is 0 Å². The first-order chi connectivity index (χ1) is 9.81. The van der Waals surface area contributed by atoms with E-state index in [4.69, 9.17) is 5.73 Å². The van der Waals surface area contributed by atoms with Crippen LogP contribution in [0, 0.1) is 0 Å². The predicted octanol–water partition coefficient (Wildman–Crippen LogP) is 2.00. The van der Waals surface area contributed by atoms with E-state index in [1.807, 2.05) is 6.08 Å². The highest BCUT2D eigenvalue weighted by atomic mass is 16.1. The Morgan fingerprint density at radius 1 is 1.30 bits per heavy atom. The molecule has 1 unspecified atom stereocenters. The molecule has 2 aliphatic heterocycles. The molecular weight excluding hydrogens is 250 g/mol. The van der Waals surface area contributed by atoms with E-state index in [9.17, 15) is 4.79 Å². The molecule has 2 heterocycles. The van der Waals surface area contributed by atoms with Crippen LogP contribution >= 0.6 is 0 Å². The second-order valence-corrected chi connectivity index (χ2v) is 5.62. The lowest BCUT2D eigenvalue weighted by Gasteiger charge is -2.22. The Morgan fingerprint density at radius 3 is 3.05 bits per heavy atom. The van der Waals surface area contributed by atoms with Crippen LogP contribution in [0.5, 0.6) is 0 Å². The molecule has 0 saturated heterocycles. The Balaban J connectivity index is 1.90. The van der Waals surface area contributed by atoms with Gasteiger partial charge in [0.1, 0.15) is 6.04 Å². The van der Waals surface area contributed by atoms with Gasteiger partial charge in [0.15, 0.2) is 5.78 Å². The summed E-state index contributed by atoms with van der Waals surface area (Å²) < 4.78 is 0. The van der Waals surface area contributed by atoms with E-state index in [0.29, 0.717) is 13.1 Å². The van der Waals surface area contributed by atoms with E-state index in [1.54, 1.807) is 6.21 Å². The van der Waals surface area contributed by atoms with Crippen molar-refractivity contribution in [3.05, 3.63) is 22.8 Å². The first-order valence-electron chi connectivity index (χ1n) is 7.55. The van der Waals surface area contributed by atoms with E-state index in [0.717, 1.165) is 55.4 Å². The minimum Gasteiger partial charge on any atom is -0.330 e. The van der Waals surface area contributed by atoms with Crippen LogP contribution in [-0.4, -0.2) is 36.8 Å². The zero-order valence-corrected chi connectivity index (χ0v) is 11.8. The molecule has 2 N–H and O–H groups in total. The van der Waals surface area contributed by atoms with Crippen molar-refractivity contribution >= 4 is 17.7 Å². The molecule has 1 atom stereocenters. The van der Waals surface area contributed by atoms with Gasteiger partial charge in [-0.25, -0.2) is 0 Å². The van der Waals surface area contributed by atoms with Crippen LogP contribution in [0.3, 0.4) is 0 Å². The Morgan fingerprint density at radius 2 is 2.20 bits per heavy atom. The summed E-state index contributed by atoms with van der Waals surface area (Å²) in [5.74, 6) is 0.216. The number of ketones is 1. The molecule has 4 nitrogen and oxygen atoms in total. The zero-order valence-electron chi connectivity index (χ0n) is 11.8. The Hall–Kier alpha value is -1.55. The summed E-state index contributed by atoms with van der Waals surface area (Å²) in [5.41, 5.74) is 9.97. The number of allylic oxidation sites excluding steroid dienone is 1. The first-order valence-corrected chi connectivity index (χ1v) is 7.55. The van der Waals surface area contributed by atoms with Crippen LogP contribution in [0.4, 0.5) is 0 Å². The number of carbonyl (C=O) groups excluding carboxylic acids is 1. The summed E-state index contributed by atoms with van der Waals surface area (Å²) in [4.78, 5) is 21.8. The smallest absolute Gasteiger partial charge is 0.183 e. The summed E-state index contributed by atoms with van der Waals surface area (Å²) in [6, 6.07) is -0.221. The maximum Gasteiger partial charge on any atom is 0.183 e. The van der Waals surface area contributed by atoms with Gasteiger partial charge in [-0.2, -0.15) is 0 Å². The molecule has 20 heavy (non-hydrogen) atoms. The topological polar surface area (TPSA) is 67.8 Å². The summed E-state index contributed by atoms with van der Waals surface area (Å²) in [5, 5.41) is 0. The van der Waals surface area contributed by atoms with Gasteiger partial charge in [0.05, 0.1) is 6.54 Å². The van der Waals surface area contributed by atoms with Crippen LogP contribution < -0.4 is 5.73 Å². The molecule has 0 aromatic heterocycles. The van der Waals surface area contributed by atoms with Crippen molar-refractivity contribution in [2.75, 3.05) is 13.1 Å². The van der Waals surface area contributed by atoms with Crippen molar-refractivity contribution in [1.29, 1.82) is 0 Å².